The highest BCUT2D eigenvalue weighted by Gasteiger charge is 2.23. The first-order valence-corrected chi connectivity index (χ1v) is 8.97. The second-order valence-electron chi connectivity index (χ2n) is 6.60. The molecule has 2 aromatic rings. The molecule has 2 aromatic carbocycles. The second-order valence-corrected chi connectivity index (χ2v) is 6.60. The predicted octanol–water partition coefficient (Wildman–Crippen LogP) is 3.34. The third kappa shape index (κ3) is 4.83. The lowest BCUT2D eigenvalue weighted by Gasteiger charge is -2.32. The molecule has 0 unspecified atom stereocenters. The Bertz CT molecular complexity index is 679. The maximum atomic E-state index is 12.7. The van der Waals surface area contributed by atoms with Crippen LogP contribution in [0.3, 0.4) is 0 Å². The van der Waals surface area contributed by atoms with Gasteiger partial charge in [-0.05, 0) is 56.1 Å². The van der Waals surface area contributed by atoms with Crippen LogP contribution >= 0.6 is 0 Å². The molecule has 1 heterocycles. The van der Waals surface area contributed by atoms with Crippen molar-refractivity contribution < 1.29 is 9.53 Å². The summed E-state index contributed by atoms with van der Waals surface area (Å²) in [5.74, 6) is 1.52. The molecule has 1 N–H and O–H groups in total. The molecule has 1 aliphatic rings. The van der Waals surface area contributed by atoms with E-state index in [0.717, 1.165) is 43.8 Å². The van der Waals surface area contributed by atoms with E-state index < -0.39 is 0 Å². The van der Waals surface area contributed by atoms with E-state index in [4.69, 9.17) is 4.74 Å². The van der Waals surface area contributed by atoms with Gasteiger partial charge < -0.3 is 15.0 Å². The van der Waals surface area contributed by atoms with Crippen molar-refractivity contribution in [2.24, 2.45) is 5.92 Å². The summed E-state index contributed by atoms with van der Waals surface area (Å²) in [5, 5.41) is 3.23. The zero-order valence-electron chi connectivity index (χ0n) is 14.8. The van der Waals surface area contributed by atoms with Crippen molar-refractivity contribution in [3.63, 3.8) is 0 Å². The number of carbonyl (C=O) groups excluding carboxylic acids is 1. The fraction of sp³-hybridized carbons (Fsp3) is 0.381. The molecule has 1 aliphatic heterocycles. The molecule has 0 spiro atoms. The monoisotopic (exact) mass is 338 g/mol. The van der Waals surface area contributed by atoms with Crippen LogP contribution in [0.5, 0.6) is 5.75 Å². The molecule has 3 rings (SSSR count). The van der Waals surface area contributed by atoms with Crippen LogP contribution in [0.4, 0.5) is 0 Å². The maximum absolute atomic E-state index is 12.7. The molecule has 0 aromatic heterocycles. The van der Waals surface area contributed by atoms with E-state index in [1.165, 1.54) is 0 Å². The van der Waals surface area contributed by atoms with E-state index >= 15 is 0 Å². The van der Waals surface area contributed by atoms with Gasteiger partial charge in [-0.25, -0.2) is 0 Å². The van der Waals surface area contributed by atoms with Gasteiger partial charge in [0.1, 0.15) is 12.4 Å². The van der Waals surface area contributed by atoms with Crippen molar-refractivity contribution in [2.45, 2.75) is 19.4 Å². The lowest BCUT2D eigenvalue weighted by molar-refractivity contribution is 0.0690. The Labute approximate surface area is 149 Å². The van der Waals surface area contributed by atoms with Gasteiger partial charge in [0, 0.05) is 18.7 Å². The Morgan fingerprint density at radius 3 is 2.60 bits per heavy atom. The Balaban J connectivity index is 1.58. The summed E-state index contributed by atoms with van der Waals surface area (Å²) in [6.45, 7) is 3.21. The predicted molar refractivity (Wildman–Crippen MR) is 99.8 cm³/mol. The Kier molecular flexibility index (Phi) is 6.07. The van der Waals surface area contributed by atoms with Crippen LogP contribution < -0.4 is 10.1 Å². The van der Waals surface area contributed by atoms with Crippen LogP contribution in [-0.2, 0) is 6.61 Å². The van der Waals surface area contributed by atoms with Crippen molar-refractivity contribution >= 4 is 5.91 Å². The number of hydrogen-bond acceptors (Lipinski definition) is 3. The van der Waals surface area contributed by atoms with Crippen LogP contribution in [0.2, 0.25) is 0 Å². The summed E-state index contributed by atoms with van der Waals surface area (Å²) < 4.78 is 5.84. The van der Waals surface area contributed by atoms with Crippen molar-refractivity contribution in [3.05, 3.63) is 65.7 Å². The summed E-state index contributed by atoms with van der Waals surface area (Å²) in [7, 11) is 1.98. The lowest BCUT2D eigenvalue weighted by Crippen LogP contribution is -2.40. The highest BCUT2D eigenvalue weighted by Crippen LogP contribution is 2.21. The minimum absolute atomic E-state index is 0.105. The van der Waals surface area contributed by atoms with E-state index in [1.54, 1.807) is 0 Å². The molecule has 4 nitrogen and oxygen atoms in total. The van der Waals surface area contributed by atoms with Gasteiger partial charge in [-0.1, -0.05) is 36.4 Å². The number of piperidine rings is 1. The van der Waals surface area contributed by atoms with Crippen molar-refractivity contribution in [1.29, 1.82) is 0 Å². The fourth-order valence-electron chi connectivity index (χ4n) is 3.27. The SMILES string of the molecule is CNCC1CCN(C(=O)c2cccc(OCc3ccccc3)c2)CC1. The Morgan fingerprint density at radius 2 is 1.88 bits per heavy atom. The minimum Gasteiger partial charge on any atom is -0.489 e. The average molecular weight is 338 g/mol. The third-order valence-electron chi connectivity index (χ3n) is 4.72. The van der Waals surface area contributed by atoms with Gasteiger partial charge in [0.2, 0.25) is 0 Å². The molecule has 0 radical (unpaired) electrons. The normalized spacial score (nSPS) is 15.2. The number of carbonyl (C=O) groups is 1. The maximum Gasteiger partial charge on any atom is 0.253 e. The molecule has 0 atom stereocenters. The molecule has 0 saturated carbocycles. The van der Waals surface area contributed by atoms with Crippen LogP contribution in [0.15, 0.2) is 54.6 Å². The van der Waals surface area contributed by atoms with Gasteiger partial charge >= 0.3 is 0 Å². The van der Waals surface area contributed by atoms with Crippen LogP contribution in [0.1, 0.15) is 28.8 Å². The van der Waals surface area contributed by atoms with Crippen molar-refractivity contribution in [3.8, 4) is 5.75 Å². The van der Waals surface area contributed by atoms with E-state index in [1.807, 2.05) is 66.5 Å². The minimum atomic E-state index is 0.105. The van der Waals surface area contributed by atoms with Crippen LogP contribution in [0.25, 0.3) is 0 Å². The number of hydrogen-bond donors (Lipinski definition) is 1. The van der Waals surface area contributed by atoms with Crippen molar-refractivity contribution in [2.75, 3.05) is 26.7 Å². The molecule has 132 valence electrons. The Hall–Kier alpha value is -2.33. The molecule has 1 saturated heterocycles. The average Bonchev–Trinajstić information content (AvgIpc) is 2.68. The Morgan fingerprint density at radius 1 is 1.12 bits per heavy atom. The quantitative estimate of drug-likeness (QED) is 0.878. The van der Waals surface area contributed by atoms with E-state index in [9.17, 15) is 4.79 Å². The first-order chi connectivity index (χ1) is 12.3. The molecule has 1 amide bonds. The summed E-state index contributed by atoms with van der Waals surface area (Å²) in [6, 6.07) is 17.6. The summed E-state index contributed by atoms with van der Waals surface area (Å²) in [6.07, 6.45) is 2.13. The molecular formula is C21H26N2O2. The van der Waals surface area contributed by atoms with E-state index in [-0.39, 0.29) is 5.91 Å². The number of rotatable bonds is 6. The number of nitrogens with zero attached hydrogens (tertiary/aromatic N) is 1. The number of benzene rings is 2. The van der Waals surface area contributed by atoms with Gasteiger partial charge in [-0.2, -0.15) is 0 Å². The molecule has 4 heteroatoms. The molecule has 25 heavy (non-hydrogen) atoms. The van der Waals surface area contributed by atoms with Gasteiger partial charge in [0.15, 0.2) is 0 Å². The third-order valence-corrected chi connectivity index (χ3v) is 4.72. The van der Waals surface area contributed by atoms with E-state index in [2.05, 4.69) is 5.32 Å². The topological polar surface area (TPSA) is 41.6 Å². The number of amides is 1. The smallest absolute Gasteiger partial charge is 0.253 e. The first-order valence-electron chi connectivity index (χ1n) is 8.97. The van der Waals surface area contributed by atoms with Gasteiger partial charge in [-0.15, -0.1) is 0 Å². The molecular weight excluding hydrogens is 312 g/mol. The van der Waals surface area contributed by atoms with Gasteiger partial charge in [0.25, 0.3) is 5.91 Å². The van der Waals surface area contributed by atoms with Crippen LogP contribution in [-0.4, -0.2) is 37.5 Å². The number of ether oxygens (including phenoxy) is 1. The zero-order chi connectivity index (χ0) is 17.5. The standard InChI is InChI=1S/C21H26N2O2/c1-22-15-17-10-12-23(13-11-17)21(24)19-8-5-9-20(14-19)25-16-18-6-3-2-4-7-18/h2-9,14,17,22H,10-13,15-16H2,1H3. The second kappa shape index (κ2) is 8.67. The first kappa shape index (κ1) is 17.5. The van der Waals surface area contributed by atoms with Crippen LogP contribution in [0, 0.1) is 5.92 Å². The highest BCUT2D eigenvalue weighted by atomic mass is 16.5. The zero-order valence-corrected chi connectivity index (χ0v) is 14.8. The van der Waals surface area contributed by atoms with E-state index in [0.29, 0.717) is 18.1 Å². The number of likely N-dealkylation sites (tertiary alicyclic amines) is 1. The number of nitrogens with one attached hydrogen (secondary N) is 1. The largest absolute Gasteiger partial charge is 0.489 e. The van der Waals surface area contributed by atoms with Gasteiger partial charge in [-0.3, -0.25) is 4.79 Å². The van der Waals surface area contributed by atoms with Crippen molar-refractivity contribution in [1.82, 2.24) is 10.2 Å². The summed E-state index contributed by atoms with van der Waals surface area (Å²) in [5.41, 5.74) is 1.82. The summed E-state index contributed by atoms with van der Waals surface area (Å²) >= 11 is 0. The lowest BCUT2D eigenvalue weighted by atomic mass is 9.96. The highest BCUT2D eigenvalue weighted by molar-refractivity contribution is 5.94. The molecule has 0 aliphatic carbocycles. The summed E-state index contributed by atoms with van der Waals surface area (Å²) in [4.78, 5) is 14.7. The fourth-order valence-corrected chi connectivity index (χ4v) is 3.27. The molecule has 0 bridgehead atoms. The van der Waals surface area contributed by atoms with Gasteiger partial charge in [0.05, 0.1) is 0 Å². The molecule has 1 fully saturated rings.